The van der Waals surface area contributed by atoms with E-state index in [1.54, 1.807) is 0 Å². The van der Waals surface area contributed by atoms with E-state index in [9.17, 15) is 9.59 Å². The minimum absolute atomic E-state index is 0.0424. The highest BCUT2D eigenvalue weighted by atomic mass is 32.1. The SMILES string of the molecule is Cc1ccsc1C(=O)OCc1cc(=O)oc2c(C)c(C)ccc12. The van der Waals surface area contributed by atoms with Crippen molar-refractivity contribution >= 4 is 28.3 Å². The molecule has 0 saturated heterocycles. The molecule has 118 valence electrons. The van der Waals surface area contributed by atoms with Gasteiger partial charge in [0.15, 0.2) is 0 Å². The first-order valence-electron chi connectivity index (χ1n) is 7.21. The Hall–Kier alpha value is -2.40. The molecule has 0 aliphatic rings. The Morgan fingerprint density at radius 2 is 1.96 bits per heavy atom. The van der Waals surface area contributed by atoms with Gasteiger partial charge in [0.25, 0.3) is 0 Å². The molecule has 0 fully saturated rings. The summed E-state index contributed by atoms with van der Waals surface area (Å²) in [6.45, 7) is 5.78. The normalized spacial score (nSPS) is 10.9. The predicted molar refractivity (Wildman–Crippen MR) is 90.1 cm³/mol. The number of benzene rings is 1. The summed E-state index contributed by atoms with van der Waals surface area (Å²) < 4.78 is 10.7. The van der Waals surface area contributed by atoms with Gasteiger partial charge in [-0.05, 0) is 48.9 Å². The van der Waals surface area contributed by atoms with Gasteiger partial charge in [-0.1, -0.05) is 12.1 Å². The second-order valence-electron chi connectivity index (χ2n) is 5.48. The van der Waals surface area contributed by atoms with Crippen LogP contribution in [0.15, 0.2) is 38.9 Å². The van der Waals surface area contributed by atoms with Gasteiger partial charge in [-0.2, -0.15) is 0 Å². The average Bonchev–Trinajstić information content (AvgIpc) is 2.95. The van der Waals surface area contributed by atoms with Gasteiger partial charge in [-0.15, -0.1) is 11.3 Å². The smallest absolute Gasteiger partial charge is 0.348 e. The number of carbonyl (C=O) groups is 1. The Balaban J connectivity index is 1.94. The van der Waals surface area contributed by atoms with Crippen LogP contribution in [0, 0.1) is 20.8 Å². The summed E-state index contributed by atoms with van der Waals surface area (Å²) >= 11 is 1.35. The molecular formula is C18H16O4S. The minimum Gasteiger partial charge on any atom is -0.457 e. The standard InChI is InChI=1S/C18H16O4S/c1-10-4-5-14-13(8-15(19)22-16(14)12(10)3)9-21-18(20)17-11(2)6-7-23-17/h4-8H,9H2,1-3H3. The fourth-order valence-electron chi connectivity index (χ4n) is 2.43. The number of aryl methyl sites for hydroxylation is 3. The van der Waals surface area contributed by atoms with Crippen LogP contribution in [-0.2, 0) is 11.3 Å². The lowest BCUT2D eigenvalue weighted by Gasteiger charge is -2.09. The molecule has 0 aliphatic heterocycles. The predicted octanol–water partition coefficient (Wildman–Crippen LogP) is 4.14. The van der Waals surface area contributed by atoms with E-state index in [-0.39, 0.29) is 12.6 Å². The molecule has 3 aromatic rings. The van der Waals surface area contributed by atoms with Gasteiger partial charge < -0.3 is 9.15 Å². The molecule has 5 heteroatoms. The third-order valence-corrected chi connectivity index (χ3v) is 4.92. The zero-order chi connectivity index (χ0) is 16.6. The third kappa shape index (κ3) is 2.92. The Kier molecular flexibility index (Phi) is 4.05. The molecule has 4 nitrogen and oxygen atoms in total. The van der Waals surface area contributed by atoms with Crippen molar-refractivity contribution in [2.24, 2.45) is 0 Å². The van der Waals surface area contributed by atoms with Crippen molar-refractivity contribution in [3.8, 4) is 0 Å². The van der Waals surface area contributed by atoms with Crippen LogP contribution >= 0.6 is 11.3 Å². The van der Waals surface area contributed by atoms with E-state index in [0.717, 1.165) is 22.1 Å². The van der Waals surface area contributed by atoms with Crippen molar-refractivity contribution in [3.05, 3.63) is 67.2 Å². The summed E-state index contributed by atoms with van der Waals surface area (Å²) in [5.74, 6) is -0.372. The molecular weight excluding hydrogens is 312 g/mol. The number of hydrogen-bond acceptors (Lipinski definition) is 5. The molecule has 0 bridgehead atoms. The van der Waals surface area contributed by atoms with Gasteiger partial charge in [0.2, 0.25) is 0 Å². The van der Waals surface area contributed by atoms with E-state index in [2.05, 4.69) is 0 Å². The fraction of sp³-hybridized carbons (Fsp3) is 0.222. The quantitative estimate of drug-likeness (QED) is 0.536. The number of rotatable bonds is 3. The molecule has 0 amide bonds. The first kappa shape index (κ1) is 15.5. The highest BCUT2D eigenvalue weighted by Crippen LogP contribution is 2.24. The van der Waals surface area contributed by atoms with Crippen LogP contribution in [0.1, 0.15) is 31.9 Å². The first-order chi connectivity index (χ1) is 11.0. The van der Waals surface area contributed by atoms with E-state index in [1.165, 1.54) is 17.4 Å². The van der Waals surface area contributed by atoms with Crippen LogP contribution in [0.5, 0.6) is 0 Å². The molecule has 0 atom stereocenters. The summed E-state index contributed by atoms with van der Waals surface area (Å²) in [6.07, 6.45) is 0. The minimum atomic E-state index is -0.440. The number of hydrogen-bond donors (Lipinski definition) is 0. The highest BCUT2D eigenvalue weighted by molar-refractivity contribution is 7.12. The molecule has 0 unspecified atom stereocenters. The summed E-state index contributed by atoms with van der Waals surface area (Å²) in [4.78, 5) is 24.5. The fourth-order valence-corrected chi connectivity index (χ4v) is 3.25. The first-order valence-corrected chi connectivity index (χ1v) is 8.09. The van der Waals surface area contributed by atoms with Crippen LogP contribution in [0.3, 0.4) is 0 Å². The Labute approximate surface area is 137 Å². The Morgan fingerprint density at radius 3 is 2.65 bits per heavy atom. The number of ether oxygens (including phenoxy) is 1. The summed E-state index contributed by atoms with van der Waals surface area (Å²) in [5.41, 5.74) is 3.62. The number of esters is 1. The molecule has 0 aliphatic carbocycles. The van der Waals surface area contributed by atoms with Gasteiger partial charge in [0, 0.05) is 17.0 Å². The topological polar surface area (TPSA) is 56.5 Å². The van der Waals surface area contributed by atoms with E-state index in [0.29, 0.717) is 16.0 Å². The van der Waals surface area contributed by atoms with Crippen LogP contribution in [0.4, 0.5) is 0 Å². The Morgan fingerprint density at radius 1 is 1.17 bits per heavy atom. The van der Waals surface area contributed by atoms with Crippen LogP contribution in [0.2, 0.25) is 0 Å². The lowest BCUT2D eigenvalue weighted by atomic mass is 10.0. The maximum atomic E-state index is 12.1. The van der Waals surface area contributed by atoms with E-state index < -0.39 is 5.63 Å². The van der Waals surface area contributed by atoms with Gasteiger partial charge in [0.1, 0.15) is 17.1 Å². The van der Waals surface area contributed by atoms with Gasteiger partial charge in [-0.25, -0.2) is 9.59 Å². The zero-order valence-corrected chi connectivity index (χ0v) is 14.0. The van der Waals surface area contributed by atoms with Gasteiger partial charge >= 0.3 is 11.6 Å². The lowest BCUT2D eigenvalue weighted by Crippen LogP contribution is -2.08. The summed E-state index contributed by atoms with van der Waals surface area (Å²) in [7, 11) is 0. The van der Waals surface area contributed by atoms with Crippen molar-refractivity contribution < 1.29 is 13.9 Å². The molecule has 2 aromatic heterocycles. The monoisotopic (exact) mass is 328 g/mol. The zero-order valence-electron chi connectivity index (χ0n) is 13.1. The average molecular weight is 328 g/mol. The molecule has 0 radical (unpaired) electrons. The van der Waals surface area contributed by atoms with Gasteiger partial charge in [-0.3, -0.25) is 0 Å². The van der Waals surface area contributed by atoms with Crippen molar-refractivity contribution in [2.45, 2.75) is 27.4 Å². The second kappa shape index (κ2) is 6.01. The number of thiophene rings is 1. The van der Waals surface area contributed by atoms with E-state index >= 15 is 0 Å². The van der Waals surface area contributed by atoms with Gasteiger partial charge in [0.05, 0.1) is 0 Å². The maximum absolute atomic E-state index is 12.1. The van der Waals surface area contributed by atoms with Crippen LogP contribution in [-0.4, -0.2) is 5.97 Å². The number of fused-ring (bicyclic) bond motifs is 1. The molecule has 0 spiro atoms. The summed E-state index contributed by atoms with van der Waals surface area (Å²) in [6, 6.07) is 7.11. The highest BCUT2D eigenvalue weighted by Gasteiger charge is 2.14. The molecule has 23 heavy (non-hydrogen) atoms. The molecule has 1 aromatic carbocycles. The second-order valence-corrected chi connectivity index (χ2v) is 6.40. The molecule has 3 rings (SSSR count). The van der Waals surface area contributed by atoms with Crippen LogP contribution in [0.25, 0.3) is 11.0 Å². The van der Waals surface area contributed by atoms with Crippen molar-refractivity contribution in [3.63, 3.8) is 0 Å². The number of carbonyl (C=O) groups excluding carboxylic acids is 1. The van der Waals surface area contributed by atoms with Crippen molar-refractivity contribution in [1.29, 1.82) is 0 Å². The van der Waals surface area contributed by atoms with Crippen molar-refractivity contribution in [1.82, 2.24) is 0 Å². The summed E-state index contributed by atoms with van der Waals surface area (Å²) in [5, 5.41) is 2.65. The molecule has 0 N–H and O–H groups in total. The van der Waals surface area contributed by atoms with Crippen LogP contribution < -0.4 is 5.63 Å². The third-order valence-electron chi connectivity index (χ3n) is 3.92. The molecule has 2 heterocycles. The molecule has 0 saturated carbocycles. The van der Waals surface area contributed by atoms with Crippen molar-refractivity contribution in [2.75, 3.05) is 0 Å². The lowest BCUT2D eigenvalue weighted by molar-refractivity contribution is 0.0479. The maximum Gasteiger partial charge on any atom is 0.348 e. The van der Waals surface area contributed by atoms with E-state index in [4.69, 9.17) is 9.15 Å². The Bertz CT molecular complexity index is 949. The largest absolute Gasteiger partial charge is 0.457 e. The van der Waals surface area contributed by atoms with E-state index in [1.807, 2.05) is 44.4 Å².